The van der Waals surface area contributed by atoms with Gasteiger partial charge in [0.1, 0.15) is 11.9 Å². The summed E-state index contributed by atoms with van der Waals surface area (Å²) in [5.41, 5.74) is 0. The number of hydrogen-bond acceptors (Lipinski definition) is 5. The number of aliphatic hydroxyl groups excluding tert-OH is 1. The second-order valence-electron chi connectivity index (χ2n) is 4.64. The number of aliphatic hydroxyl groups is 1. The molecule has 2 heterocycles. The number of aromatic nitrogens is 2. The van der Waals surface area contributed by atoms with E-state index in [0.29, 0.717) is 5.76 Å². The van der Waals surface area contributed by atoms with Crippen LogP contribution in [0, 0.1) is 0 Å². The first-order chi connectivity index (χ1) is 9.40. The second kappa shape index (κ2) is 5.78. The summed E-state index contributed by atoms with van der Waals surface area (Å²) in [7, 11) is -3.74. The lowest BCUT2D eigenvalue weighted by molar-refractivity contribution is 0.154. The van der Waals surface area contributed by atoms with Gasteiger partial charge in [-0.25, -0.2) is 18.1 Å². The van der Waals surface area contributed by atoms with Crippen LogP contribution in [0.3, 0.4) is 0 Å². The summed E-state index contributed by atoms with van der Waals surface area (Å²) in [5.74, 6) is 0.306. The molecule has 0 saturated carbocycles. The molecule has 0 spiro atoms. The van der Waals surface area contributed by atoms with Gasteiger partial charge in [-0.2, -0.15) is 0 Å². The number of hydrogen-bond donors (Lipinski definition) is 2. The maximum atomic E-state index is 12.0. The average Bonchev–Trinajstić information content (AvgIpc) is 3.06. The van der Waals surface area contributed by atoms with Crippen molar-refractivity contribution in [2.75, 3.05) is 6.54 Å². The van der Waals surface area contributed by atoms with Crippen LogP contribution in [0.15, 0.2) is 40.4 Å². The fourth-order valence-electron chi connectivity index (χ4n) is 1.58. The maximum Gasteiger partial charge on any atom is 0.259 e. The van der Waals surface area contributed by atoms with E-state index in [1.807, 2.05) is 13.8 Å². The van der Waals surface area contributed by atoms with Gasteiger partial charge < -0.3 is 14.1 Å². The third kappa shape index (κ3) is 3.27. The van der Waals surface area contributed by atoms with E-state index >= 15 is 0 Å². The second-order valence-corrected chi connectivity index (χ2v) is 6.35. The minimum absolute atomic E-state index is 0.0714. The Hall–Kier alpha value is -1.64. The third-order valence-corrected chi connectivity index (χ3v) is 4.10. The predicted octanol–water partition coefficient (Wildman–Crippen LogP) is 1.07. The molecule has 2 rings (SSSR count). The molecule has 0 amide bonds. The van der Waals surface area contributed by atoms with Gasteiger partial charge in [0.05, 0.1) is 12.6 Å². The van der Waals surface area contributed by atoms with Crippen molar-refractivity contribution in [2.45, 2.75) is 31.0 Å². The van der Waals surface area contributed by atoms with Crippen molar-refractivity contribution in [3.05, 3.63) is 36.7 Å². The Labute approximate surface area is 117 Å². The molecule has 0 aliphatic carbocycles. The fraction of sp³-hybridized carbons (Fsp3) is 0.417. The Kier molecular flexibility index (Phi) is 4.26. The third-order valence-electron chi connectivity index (χ3n) is 2.79. The molecule has 2 aromatic heterocycles. The topological polar surface area (TPSA) is 97.4 Å². The van der Waals surface area contributed by atoms with Gasteiger partial charge >= 0.3 is 0 Å². The van der Waals surface area contributed by atoms with Gasteiger partial charge in [-0.05, 0) is 26.0 Å². The van der Waals surface area contributed by atoms with Crippen LogP contribution >= 0.6 is 0 Å². The van der Waals surface area contributed by atoms with Gasteiger partial charge in [0, 0.05) is 18.8 Å². The van der Waals surface area contributed by atoms with E-state index in [1.165, 1.54) is 18.8 Å². The normalized spacial score (nSPS) is 13.8. The summed E-state index contributed by atoms with van der Waals surface area (Å²) in [6, 6.07) is 3.32. The van der Waals surface area contributed by atoms with Gasteiger partial charge in [0.2, 0.25) is 0 Å². The Morgan fingerprint density at radius 3 is 2.80 bits per heavy atom. The summed E-state index contributed by atoms with van der Waals surface area (Å²) in [6.07, 6.45) is 3.29. The monoisotopic (exact) mass is 299 g/mol. The smallest absolute Gasteiger partial charge is 0.259 e. The zero-order chi connectivity index (χ0) is 14.8. The lowest BCUT2D eigenvalue weighted by Crippen LogP contribution is -2.28. The van der Waals surface area contributed by atoms with Crippen LogP contribution in [0.2, 0.25) is 0 Å². The van der Waals surface area contributed by atoms with Gasteiger partial charge in [0.25, 0.3) is 10.0 Å². The number of nitrogens with zero attached hydrogens (tertiary/aromatic N) is 2. The van der Waals surface area contributed by atoms with Crippen LogP contribution in [0.4, 0.5) is 0 Å². The van der Waals surface area contributed by atoms with Gasteiger partial charge in [-0.15, -0.1) is 0 Å². The summed E-state index contributed by atoms with van der Waals surface area (Å²) in [5, 5.41) is 9.70. The first kappa shape index (κ1) is 14.8. The first-order valence-electron chi connectivity index (χ1n) is 6.15. The Bertz CT molecular complexity index is 646. The van der Waals surface area contributed by atoms with E-state index in [0.717, 1.165) is 0 Å². The van der Waals surface area contributed by atoms with Crippen LogP contribution in [-0.2, 0) is 10.0 Å². The molecule has 0 radical (unpaired) electrons. The van der Waals surface area contributed by atoms with Crippen LogP contribution in [0.1, 0.15) is 31.8 Å². The molecule has 8 heteroatoms. The Morgan fingerprint density at radius 2 is 2.25 bits per heavy atom. The Balaban J connectivity index is 2.03. The molecule has 7 nitrogen and oxygen atoms in total. The molecule has 0 aliphatic rings. The summed E-state index contributed by atoms with van der Waals surface area (Å²) in [6.45, 7) is 3.67. The van der Waals surface area contributed by atoms with E-state index in [1.54, 1.807) is 16.7 Å². The standard InChI is InChI=1S/C12H17N3O4S/c1-9(2)15-7-12(13-8-15)20(17,18)14-6-10(16)11-4-3-5-19-11/h3-5,7-10,14,16H,6H2,1-2H3. The lowest BCUT2D eigenvalue weighted by Gasteiger charge is -2.09. The maximum absolute atomic E-state index is 12.0. The van der Waals surface area contributed by atoms with Crippen molar-refractivity contribution in [2.24, 2.45) is 0 Å². The molecule has 2 N–H and O–H groups in total. The molecule has 20 heavy (non-hydrogen) atoms. The molecule has 110 valence electrons. The van der Waals surface area contributed by atoms with Gasteiger partial charge in [0.15, 0.2) is 5.03 Å². The highest BCUT2D eigenvalue weighted by atomic mass is 32.2. The number of sulfonamides is 1. The largest absolute Gasteiger partial charge is 0.467 e. The van der Waals surface area contributed by atoms with Gasteiger partial charge in [-0.1, -0.05) is 0 Å². The summed E-state index contributed by atoms with van der Waals surface area (Å²) >= 11 is 0. The van der Waals surface area contributed by atoms with E-state index in [9.17, 15) is 13.5 Å². The lowest BCUT2D eigenvalue weighted by atomic mass is 10.3. The zero-order valence-corrected chi connectivity index (χ0v) is 12.0. The van der Waals surface area contributed by atoms with Crippen molar-refractivity contribution < 1.29 is 17.9 Å². The van der Waals surface area contributed by atoms with Crippen LogP contribution in [0.5, 0.6) is 0 Å². The minimum atomic E-state index is -3.74. The van der Waals surface area contributed by atoms with Crippen molar-refractivity contribution in [1.29, 1.82) is 0 Å². The molecular weight excluding hydrogens is 282 g/mol. The number of furan rings is 1. The zero-order valence-electron chi connectivity index (χ0n) is 11.2. The Morgan fingerprint density at radius 1 is 1.50 bits per heavy atom. The summed E-state index contributed by atoms with van der Waals surface area (Å²) in [4.78, 5) is 3.86. The number of rotatable bonds is 6. The molecule has 0 fully saturated rings. The van der Waals surface area contributed by atoms with Crippen molar-refractivity contribution in [1.82, 2.24) is 14.3 Å². The minimum Gasteiger partial charge on any atom is -0.467 e. The number of imidazole rings is 1. The molecule has 0 aliphatic heterocycles. The van der Waals surface area contributed by atoms with E-state index in [4.69, 9.17) is 4.42 Å². The molecule has 1 unspecified atom stereocenters. The fourth-order valence-corrected chi connectivity index (χ4v) is 2.55. The SMILES string of the molecule is CC(C)n1cnc(S(=O)(=O)NCC(O)c2ccco2)c1. The molecule has 0 aromatic carbocycles. The summed E-state index contributed by atoms with van der Waals surface area (Å²) < 4.78 is 33.0. The highest BCUT2D eigenvalue weighted by Gasteiger charge is 2.20. The first-order valence-corrected chi connectivity index (χ1v) is 7.63. The highest BCUT2D eigenvalue weighted by molar-refractivity contribution is 7.89. The van der Waals surface area contributed by atoms with E-state index < -0.39 is 16.1 Å². The van der Waals surface area contributed by atoms with Crippen molar-refractivity contribution in [3.63, 3.8) is 0 Å². The van der Waals surface area contributed by atoms with Crippen LogP contribution in [-0.4, -0.2) is 29.6 Å². The molecule has 1 atom stereocenters. The molecule has 2 aromatic rings. The van der Waals surface area contributed by atoms with E-state index in [2.05, 4.69) is 9.71 Å². The van der Waals surface area contributed by atoms with Crippen molar-refractivity contribution in [3.8, 4) is 0 Å². The molecular formula is C12H17N3O4S. The van der Waals surface area contributed by atoms with E-state index in [-0.39, 0.29) is 17.6 Å². The number of nitrogens with one attached hydrogen (secondary N) is 1. The van der Waals surface area contributed by atoms with Gasteiger partial charge in [-0.3, -0.25) is 0 Å². The molecule has 0 bridgehead atoms. The quantitative estimate of drug-likeness (QED) is 0.831. The van der Waals surface area contributed by atoms with Crippen molar-refractivity contribution >= 4 is 10.0 Å². The highest BCUT2D eigenvalue weighted by Crippen LogP contribution is 2.14. The van der Waals surface area contributed by atoms with Crippen LogP contribution in [0.25, 0.3) is 0 Å². The van der Waals surface area contributed by atoms with Crippen LogP contribution < -0.4 is 4.72 Å². The predicted molar refractivity (Wildman–Crippen MR) is 71.5 cm³/mol. The molecule has 0 saturated heterocycles. The average molecular weight is 299 g/mol.